The van der Waals surface area contributed by atoms with Gasteiger partial charge in [-0.05, 0) is 94.8 Å². The molecule has 2 atom stereocenters. The molecule has 0 spiro atoms. The lowest BCUT2D eigenvalue weighted by Crippen LogP contribution is -2.37. The monoisotopic (exact) mass is 720 g/mol. The van der Waals surface area contributed by atoms with Gasteiger partial charge in [0, 0.05) is 18.7 Å². The molecule has 10 nitrogen and oxygen atoms in total. The Morgan fingerprint density at radius 1 is 0.923 bits per heavy atom. The number of hydrogen-bond acceptors (Lipinski definition) is 9. The lowest BCUT2D eigenvalue weighted by molar-refractivity contribution is -0.122. The molecule has 6 rings (SSSR count). The maximum atomic E-state index is 14.0. The first-order valence-electron chi connectivity index (χ1n) is 18.4. The fourth-order valence-corrected chi connectivity index (χ4v) is 7.46. The summed E-state index contributed by atoms with van der Waals surface area (Å²) < 4.78 is 8.16. The van der Waals surface area contributed by atoms with E-state index in [1.807, 2.05) is 67.6 Å². The van der Waals surface area contributed by atoms with Gasteiger partial charge < -0.3 is 9.64 Å². The first-order chi connectivity index (χ1) is 25.0. The Bertz CT molecular complexity index is 1900. The van der Waals surface area contributed by atoms with Crippen molar-refractivity contribution in [3.8, 4) is 11.4 Å². The summed E-state index contributed by atoms with van der Waals surface area (Å²) in [5.41, 5.74) is 4.49. The molecule has 0 aliphatic carbocycles. The molecule has 1 radical (unpaired) electrons. The van der Waals surface area contributed by atoms with E-state index in [1.54, 1.807) is 11.1 Å². The maximum Gasteiger partial charge on any atom is 0.268 e. The predicted octanol–water partition coefficient (Wildman–Crippen LogP) is 7.93. The molecule has 1 amide bonds. The molecule has 1 fully saturated rings. The molecule has 0 bridgehead atoms. The smallest absolute Gasteiger partial charge is 0.268 e. The van der Waals surface area contributed by atoms with Gasteiger partial charge in [-0.2, -0.15) is 14.8 Å². The lowest BCUT2D eigenvalue weighted by atomic mass is 9.76. The molecule has 3 heterocycles. The van der Waals surface area contributed by atoms with Crippen LogP contribution in [-0.4, -0.2) is 67.1 Å². The number of nitrogens with zero attached hydrogens (tertiary/aromatic N) is 7. The molecule has 1 aromatic heterocycles. The molecule has 0 saturated carbocycles. The zero-order valence-corrected chi connectivity index (χ0v) is 32.2. The largest absolute Gasteiger partial charge is 0.482 e. The third kappa shape index (κ3) is 7.79. The van der Waals surface area contributed by atoms with E-state index in [4.69, 9.17) is 9.84 Å². The summed E-state index contributed by atoms with van der Waals surface area (Å²) >= 11 is 1.30. The zero-order chi connectivity index (χ0) is 37.0. The van der Waals surface area contributed by atoms with Gasteiger partial charge in [0.15, 0.2) is 17.1 Å². The number of hydrogen-bond donors (Lipinski definition) is 0. The zero-order valence-electron chi connectivity index (χ0n) is 31.4. The Kier molecular flexibility index (Phi) is 11.2. The van der Waals surface area contributed by atoms with E-state index in [-0.39, 0.29) is 22.5 Å². The number of rotatable bonds is 14. The summed E-state index contributed by atoms with van der Waals surface area (Å²) in [5.74, 6) is 1.20. The molecule has 52 heavy (non-hydrogen) atoms. The number of hydrazone groups is 1. The van der Waals surface area contributed by atoms with Crippen LogP contribution in [0.1, 0.15) is 97.3 Å². The summed E-state index contributed by atoms with van der Waals surface area (Å²) in [6.07, 6.45) is 5.60. The number of aromatic nitrogens is 4. The van der Waals surface area contributed by atoms with E-state index >= 15 is 0 Å². The molecular weight excluding hydrogens is 671 g/mol. The lowest BCUT2D eigenvalue weighted by Gasteiger charge is -2.31. The Labute approximate surface area is 312 Å². The topological polar surface area (TPSA) is 106 Å². The van der Waals surface area contributed by atoms with Gasteiger partial charge in [0.1, 0.15) is 11.6 Å². The van der Waals surface area contributed by atoms with Crippen molar-refractivity contribution < 1.29 is 14.3 Å². The van der Waals surface area contributed by atoms with E-state index in [2.05, 4.69) is 74.1 Å². The van der Waals surface area contributed by atoms with Gasteiger partial charge in [-0.1, -0.05) is 103 Å². The van der Waals surface area contributed by atoms with Crippen LogP contribution in [0.15, 0.2) is 83.1 Å². The number of tetrazole rings is 1. The fraction of sp³-hybridized carbons (Fsp3) is 0.439. The van der Waals surface area contributed by atoms with Crippen LogP contribution in [0, 0.1) is 6.42 Å². The second-order valence-electron chi connectivity index (χ2n) is 14.8. The summed E-state index contributed by atoms with van der Waals surface area (Å²) in [7, 11) is 0. The number of Topliss-reactive ketones (excluding diaryl/α,β-unsaturated/α-hetero) is 1. The van der Waals surface area contributed by atoms with E-state index in [1.165, 1.54) is 22.3 Å². The Balaban J connectivity index is 1.18. The average molecular weight is 721 g/mol. The Morgan fingerprint density at radius 3 is 2.27 bits per heavy atom. The van der Waals surface area contributed by atoms with Crippen LogP contribution in [0.2, 0.25) is 0 Å². The molecule has 273 valence electrons. The summed E-state index contributed by atoms with van der Waals surface area (Å²) in [5, 5.41) is 18.6. The van der Waals surface area contributed by atoms with Crippen molar-refractivity contribution in [2.45, 2.75) is 108 Å². The highest BCUT2D eigenvalue weighted by Gasteiger charge is 2.42. The minimum Gasteiger partial charge on any atom is -0.482 e. The first kappa shape index (κ1) is 37.3. The summed E-state index contributed by atoms with van der Waals surface area (Å²) in [6, 6.07) is 23.4. The van der Waals surface area contributed by atoms with Crippen molar-refractivity contribution in [3.63, 3.8) is 0 Å². The second kappa shape index (κ2) is 15.6. The summed E-state index contributed by atoms with van der Waals surface area (Å²) in [4.78, 5) is 29.9. The third-order valence-corrected chi connectivity index (χ3v) is 11.7. The van der Waals surface area contributed by atoms with Crippen molar-refractivity contribution in [1.29, 1.82) is 0 Å². The SMILES string of the molecule is CCC(Oc1ccc(C(C)(C)CC)cc1C(C)(C)CC)C(=O)[CH]c1ccc(N2N=C(N3CCCC3)C(Sc3nnnn3-c3ccccc3)C2=O)cc1. The second-order valence-corrected chi connectivity index (χ2v) is 15.9. The van der Waals surface area contributed by atoms with E-state index in [0.29, 0.717) is 23.1 Å². The molecule has 2 unspecified atom stereocenters. The molecule has 2 aliphatic rings. The number of ketones is 1. The highest BCUT2D eigenvalue weighted by Crippen LogP contribution is 2.39. The van der Waals surface area contributed by atoms with Gasteiger partial charge in [-0.15, -0.1) is 5.10 Å². The van der Waals surface area contributed by atoms with Gasteiger partial charge in [-0.25, -0.2) is 0 Å². The van der Waals surface area contributed by atoms with Crippen molar-refractivity contribution >= 4 is 35.0 Å². The number of amides is 1. The quantitative estimate of drug-likeness (QED) is 0.129. The molecule has 2 aliphatic heterocycles. The highest BCUT2D eigenvalue weighted by atomic mass is 32.2. The first-order valence-corrected chi connectivity index (χ1v) is 19.3. The van der Waals surface area contributed by atoms with Crippen LogP contribution < -0.4 is 9.75 Å². The molecule has 0 N–H and O–H groups in total. The molecule has 3 aromatic carbocycles. The number of likely N-dealkylation sites (tertiary alicyclic amines) is 1. The molecule has 11 heteroatoms. The van der Waals surface area contributed by atoms with E-state index in [0.717, 1.165) is 61.3 Å². The number of carbonyl (C=O) groups excluding carboxylic acids is 2. The number of thioether (sulfide) groups is 1. The minimum absolute atomic E-state index is 0.0399. The normalized spacial score (nSPS) is 17.1. The van der Waals surface area contributed by atoms with E-state index in [9.17, 15) is 9.59 Å². The van der Waals surface area contributed by atoms with Crippen LogP contribution in [0.25, 0.3) is 5.69 Å². The van der Waals surface area contributed by atoms with Crippen molar-refractivity contribution in [1.82, 2.24) is 25.1 Å². The number of carbonyl (C=O) groups is 2. The molecule has 1 saturated heterocycles. The Morgan fingerprint density at radius 2 is 1.62 bits per heavy atom. The van der Waals surface area contributed by atoms with Crippen LogP contribution >= 0.6 is 11.8 Å². The van der Waals surface area contributed by atoms with Gasteiger partial charge in [0.2, 0.25) is 5.16 Å². The Hall–Kier alpha value is -4.51. The van der Waals surface area contributed by atoms with Gasteiger partial charge in [0.05, 0.1) is 17.8 Å². The van der Waals surface area contributed by atoms with Crippen LogP contribution in [0.3, 0.4) is 0 Å². The number of benzene rings is 3. The van der Waals surface area contributed by atoms with Gasteiger partial charge in [-0.3, -0.25) is 9.59 Å². The predicted molar refractivity (Wildman–Crippen MR) is 207 cm³/mol. The number of anilines is 1. The fourth-order valence-electron chi connectivity index (χ4n) is 6.42. The summed E-state index contributed by atoms with van der Waals surface area (Å²) in [6.45, 7) is 17.0. The average Bonchev–Trinajstić information content (AvgIpc) is 3.93. The van der Waals surface area contributed by atoms with Crippen molar-refractivity contribution in [2.75, 3.05) is 18.1 Å². The van der Waals surface area contributed by atoms with Gasteiger partial charge in [0.25, 0.3) is 5.91 Å². The molecule has 4 aromatic rings. The standard InChI is InChI=1S/C41H50N7O3S/c1-8-34(51-35-23-20-29(40(4,5)9-2)27-32(35)41(6,7)10-3)33(49)26-28-18-21-31(22-19-28)47-38(50)36(37(43-47)46-24-14-15-25-46)52-39-42-44-45-48(39)30-16-12-11-13-17-30/h11-13,16-23,26-27,34,36H,8-10,14-15,24-25H2,1-7H3. The number of amidine groups is 1. The highest BCUT2D eigenvalue weighted by molar-refractivity contribution is 8.01. The number of ether oxygens (including phenoxy) is 1. The third-order valence-electron chi connectivity index (χ3n) is 10.6. The van der Waals surface area contributed by atoms with Crippen LogP contribution in [0.5, 0.6) is 5.75 Å². The minimum atomic E-state index is -0.630. The van der Waals surface area contributed by atoms with Gasteiger partial charge >= 0.3 is 0 Å². The number of para-hydroxylation sites is 1. The maximum absolute atomic E-state index is 14.0. The van der Waals surface area contributed by atoms with Crippen LogP contribution in [0.4, 0.5) is 5.69 Å². The van der Waals surface area contributed by atoms with Crippen molar-refractivity contribution in [2.24, 2.45) is 5.10 Å². The van der Waals surface area contributed by atoms with Crippen LogP contribution in [-0.2, 0) is 20.4 Å². The molecular formula is C41H50N7O3S. The van der Waals surface area contributed by atoms with Crippen molar-refractivity contribution in [3.05, 3.63) is 95.9 Å². The van der Waals surface area contributed by atoms with E-state index < -0.39 is 11.4 Å².